The molecule has 1 amide bonds. The molecular formula is C24H25FN4O2. The minimum absolute atomic E-state index is 0.142. The van der Waals surface area contributed by atoms with Crippen LogP contribution in [0.5, 0.6) is 0 Å². The van der Waals surface area contributed by atoms with Crippen molar-refractivity contribution in [2.45, 2.75) is 25.3 Å². The minimum atomic E-state index is -0.259. The number of benzene rings is 2. The van der Waals surface area contributed by atoms with Crippen LogP contribution in [0.1, 0.15) is 40.6 Å². The molecule has 7 heteroatoms. The zero-order valence-corrected chi connectivity index (χ0v) is 17.3. The Morgan fingerprint density at radius 3 is 2.52 bits per heavy atom. The van der Waals surface area contributed by atoms with E-state index in [4.69, 9.17) is 4.52 Å². The lowest BCUT2D eigenvalue weighted by molar-refractivity contribution is 0.101. The van der Waals surface area contributed by atoms with E-state index < -0.39 is 0 Å². The van der Waals surface area contributed by atoms with Gasteiger partial charge in [-0.3, -0.25) is 9.69 Å². The second-order valence-electron chi connectivity index (χ2n) is 8.24. The van der Waals surface area contributed by atoms with Crippen LogP contribution >= 0.6 is 0 Å². The van der Waals surface area contributed by atoms with E-state index in [0.717, 1.165) is 61.7 Å². The highest BCUT2D eigenvalue weighted by molar-refractivity contribution is 6.02. The molecule has 5 rings (SSSR count). The number of halogens is 1. The lowest BCUT2D eigenvalue weighted by Gasteiger charge is -2.36. The maximum Gasteiger partial charge on any atom is 0.277 e. The molecule has 31 heavy (non-hydrogen) atoms. The fourth-order valence-electron chi connectivity index (χ4n) is 3.94. The summed E-state index contributed by atoms with van der Waals surface area (Å²) in [4.78, 5) is 17.0. The Bertz CT molecular complexity index is 1050. The summed E-state index contributed by atoms with van der Waals surface area (Å²) in [5.74, 6) is 0.831. The molecular weight excluding hydrogens is 395 g/mol. The quantitative estimate of drug-likeness (QED) is 0.646. The zero-order valence-electron chi connectivity index (χ0n) is 17.3. The van der Waals surface area contributed by atoms with Crippen LogP contribution in [0.15, 0.2) is 59.1 Å². The predicted molar refractivity (Wildman–Crippen MR) is 117 cm³/mol. The topological polar surface area (TPSA) is 61.6 Å². The molecule has 1 saturated heterocycles. The van der Waals surface area contributed by atoms with Crippen molar-refractivity contribution in [3.05, 3.63) is 77.4 Å². The van der Waals surface area contributed by atoms with Crippen LogP contribution in [0.25, 0.3) is 0 Å². The van der Waals surface area contributed by atoms with Crippen molar-refractivity contribution < 1.29 is 13.7 Å². The van der Waals surface area contributed by atoms with Gasteiger partial charge in [-0.15, -0.1) is 0 Å². The number of piperazine rings is 1. The van der Waals surface area contributed by atoms with Crippen molar-refractivity contribution in [1.29, 1.82) is 0 Å². The highest BCUT2D eigenvalue weighted by atomic mass is 19.1. The van der Waals surface area contributed by atoms with Crippen LogP contribution in [0.2, 0.25) is 0 Å². The number of nitrogens with one attached hydrogen (secondary N) is 1. The number of nitrogens with zero attached hydrogens (tertiary/aromatic N) is 3. The Hall–Kier alpha value is -3.19. The summed E-state index contributed by atoms with van der Waals surface area (Å²) in [6, 6.07) is 16.5. The van der Waals surface area contributed by atoms with Crippen molar-refractivity contribution in [3.8, 4) is 0 Å². The maximum atomic E-state index is 13.9. The fraction of sp³-hybridized carbons (Fsp3) is 0.333. The van der Waals surface area contributed by atoms with Gasteiger partial charge in [0.15, 0.2) is 5.69 Å². The Morgan fingerprint density at radius 1 is 1.06 bits per heavy atom. The second kappa shape index (κ2) is 8.51. The average molecular weight is 420 g/mol. The maximum absolute atomic E-state index is 13.9. The van der Waals surface area contributed by atoms with E-state index >= 15 is 0 Å². The number of rotatable bonds is 6. The normalized spacial score (nSPS) is 17.0. The Labute approximate surface area is 180 Å². The van der Waals surface area contributed by atoms with Crippen LogP contribution in [0.3, 0.4) is 0 Å². The minimum Gasteiger partial charge on any atom is -0.369 e. The standard InChI is InChI=1S/C24H25FN4O2/c25-21-4-2-1-3-18(21)16-28-11-13-29(14-12-28)20-9-7-19(8-10-20)26-24(30)22-15-23(31-27-22)17-5-6-17/h1-4,7-10,15,17H,5-6,11-14,16H2,(H,26,30). The van der Waals surface area contributed by atoms with Gasteiger partial charge in [0.2, 0.25) is 0 Å². The third kappa shape index (κ3) is 4.61. The lowest BCUT2D eigenvalue weighted by atomic mass is 10.1. The summed E-state index contributed by atoms with van der Waals surface area (Å²) in [6.45, 7) is 4.15. The molecule has 2 aliphatic rings. The SMILES string of the molecule is O=C(Nc1ccc(N2CCN(Cc3ccccc3F)CC2)cc1)c1cc(C2CC2)on1. The van der Waals surface area contributed by atoms with Crippen LogP contribution in [0, 0.1) is 5.82 Å². The third-order valence-electron chi connectivity index (χ3n) is 5.96. The number of amides is 1. The van der Waals surface area contributed by atoms with Gasteiger partial charge in [0.1, 0.15) is 11.6 Å². The summed E-state index contributed by atoms with van der Waals surface area (Å²) in [5.41, 5.74) is 2.90. The Morgan fingerprint density at radius 2 is 1.81 bits per heavy atom. The molecule has 1 aromatic heterocycles. The molecule has 1 saturated carbocycles. The van der Waals surface area contributed by atoms with E-state index in [2.05, 4.69) is 20.3 Å². The first-order chi connectivity index (χ1) is 15.2. The fourth-order valence-corrected chi connectivity index (χ4v) is 3.94. The molecule has 1 aliphatic carbocycles. The van der Waals surface area contributed by atoms with E-state index in [1.807, 2.05) is 36.4 Å². The van der Waals surface area contributed by atoms with Crippen molar-refractivity contribution in [2.75, 3.05) is 36.4 Å². The number of hydrogen-bond donors (Lipinski definition) is 1. The summed E-state index contributed by atoms with van der Waals surface area (Å²) >= 11 is 0. The molecule has 0 atom stereocenters. The monoisotopic (exact) mass is 420 g/mol. The van der Waals surface area contributed by atoms with Crippen LogP contribution < -0.4 is 10.2 Å². The van der Waals surface area contributed by atoms with Crippen molar-refractivity contribution in [2.24, 2.45) is 0 Å². The van der Waals surface area contributed by atoms with Gasteiger partial charge in [-0.25, -0.2) is 4.39 Å². The summed E-state index contributed by atoms with van der Waals surface area (Å²) in [6.07, 6.45) is 2.21. The molecule has 2 aromatic carbocycles. The molecule has 3 aromatic rings. The molecule has 1 aliphatic heterocycles. The summed E-state index contributed by atoms with van der Waals surface area (Å²) in [5, 5.41) is 6.76. The molecule has 0 bridgehead atoms. The summed E-state index contributed by atoms with van der Waals surface area (Å²) < 4.78 is 19.1. The Kier molecular flexibility index (Phi) is 5.42. The number of carbonyl (C=O) groups is 1. The average Bonchev–Trinajstić information content (AvgIpc) is 3.53. The molecule has 6 nitrogen and oxygen atoms in total. The van der Waals surface area contributed by atoms with E-state index in [1.165, 1.54) is 6.07 Å². The number of hydrogen-bond acceptors (Lipinski definition) is 5. The third-order valence-corrected chi connectivity index (χ3v) is 5.96. The van der Waals surface area contributed by atoms with Crippen LogP contribution in [-0.4, -0.2) is 42.1 Å². The summed E-state index contributed by atoms with van der Waals surface area (Å²) in [7, 11) is 0. The van der Waals surface area contributed by atoms with E-state index in [9.17, 15) is 9.18 Å². The first-order valence-electron chi connectivity index (χ1n) is 10.7. The highest BCUT2D eigenvalue weighted by Gasteiger charge is 2.29. The smallest absolute Gasteiger partial charge is 0.277 e. The first-order valence-corrected chi connectivity index (χ1v) is 10.7. The van der Waals surface area contributed by atoms with Gasteiger partial charge in [0.05, 0.1) is 0 Å². The number of aromatic nitrogens is 1. The van der Waals surface area contributed by atoms with E-state index in [-0.39, 0.29) is 11.7 Å². The number of carbonyl (C=O) groups excluding carboxylic acids is 1. The van der Waals surface area contributed by atoms with Gasteiger partial charge in [0.25, 0.3) is 5.91 Å². The largest absolute Gasteiger partial charge is 0.369 e. The second-order valence-corrected chi connectivity index (χ2v) is 8.24. The van der Waals surface area contributed by atoms with Gasteiger partial charge in [-0.2, -0.15) is 0 Å². The molecule has 1 N–H and O–H groups in total. The molecule has 2 heterocycles. The van der Waals surface area contributed by atoms with Crippen molar-refractivity contribution in [1.82, 2.24) is 10.1 Å². The van der Waals surface area contributed by atoms with Crippen molar-refractivity contribution in [3.63, 3.8) is 0 Å². The zero-order chi connectivity index (χ0) is 21.2. The lowest BCUT2D eigenvalue weighted by Crippen LogP contribution is -2.46. The molecule has 0 radical (unpaired) electrons. The van der Waals surface area contributed by atoms with Gasteiger partial charge < -0.3 is 14.7 Å². The van der Waals surface area contributed by atoms with Crippen LogP contribution in [0.4, 0.5) is 15.8 Å². The predicted octanol–water partition coefficient (Wildman–Crippen LogP) is 4.27. The van der Waals surface area contributed by atoms with Gasteiger partial charge >= 0.3 is 0 Å². The van der Waals surface area contributed by atoms with E-state index in [0.29, 0.717) is 18.2 Å². The molecule has 0 spiro atoms. The van der Waals surface area contributed by atoms with Gasteiger partial charge in [-0.05, 0) is 43.2 Å². The highest BCUT2D eigenvalue weighted by Crippen LogP contribution is 2.40. The van der Waals surface area contributed by atoms with Crippen LogP contribution in [-0.2, 0) is 6.54 Å². The van der Waals surface area contributed by atoms with Gasteiger partial charge in [-0.1, -0.05) is 23.4 Å². The molecule has 0 unspecified atom stereocenters. The first kappa shape index (κ1) is 19.8. The number of anilines is 2. The van der Waals surface area contributed by atoms with Crippen molar-refractivity contribution >= 4 is 17.3 Å². The molecule has 2 fully saturated rings. The van der Waals surface area contributed by atoms with E-state index in [1.54, 1.807) is 12.1 Å². The van der Waals surface area contributed by atoms with Gasteiger partial charge in [0, 0.05) is 61.6 Å². The Balaban J connectivity index is 1.14. The molecule has 160 valence electrons.